The molecular formula is C10H14BrNO. The first-order valence-corrected chi connectivity index (χ1v) is 4.96. The standard InChI is InChI=1S/C10H14BrNO/c1-7-4-5-10(11)9(8(7)2)6-12-13-3/h4-5,12H,6H2,1-3H3. The van der Waals surface area contributed by atoms with Crippen molar-refractivity contribution in [1.82, 2.24) is 5.48 Å². The van der Waals surface area contributed by atoms with E-state index in [1.165, 1.54) is 16.7 Å². The minimum absolute atomic E-state index is 0.727. The van der Waals surface area contributed by atoms with E-state index in [0.717, 1.165) is 11.0 Å². The van der Waals surface area contributed by atoms with Gasteiger partial charge in [0.15, 0.2) is 0 Å². The molecule has 13 heavy (non-hydrogen) atoms. The summed E-state index contributed by atoms with van der Waals surface area (Å²) < 4.78 is 1.13. The molecule has 1 N–H and O–H groups in total. The lowest BCUT2D eigenvalue weighted by atomic mass is 10.0. The summed E-state index contributed by atoms with van der Waals surface area (Å²) >= 11 is 3.52. The fourth-order valence-corrected chi connectivity index (χ4v) is 1.77. The first-order valence-electron chi connectivity index (χ1n) is 4.17. The molecule has 0 radical (unpaired) electrons. The second-order valence-electron chi connectivity index (χ2n) is 2.99. The van der Waals surface area contributed by atoms with Crippen molar-refractivity contribution in [2.45, 2.75) is 20.4 Å². The van der Waals surface area contributed by atoms with Crippen LogP contribution in [0.25, 0.3) is 0 Å². The largest absolute Gasteiger partial charge is 0.305 e. The molecule has 0 saturated carbocycles. The Labute approximate surface area is 87.4 Å². The average Bonchev–Trinajstić information content (AvgIpc) is 2.12. The Balaban J connectivity index is 2.96. The van der Waals surface area contributed by atoms with Crippen molar-refractivity contribution in [3.63, 3.8) is 0 Å². The van der Waals surface area contributed by atoms with Crippen molar-refractivity contribution in [3.8, 4) is 0 Å². The van der Waals surface area contributed by atoms with Gasteiger partial charge in [-0.1, -0.05) is 22.0 Å². The Hall–Kier alpha value is -0.380. The highest BCUT2D eigenvalue weighted by Gasteiger charge is 2.04. The zero-order valence-electron chi connectivity index (χ0n) is 8.15. The van der Waals surface area contributed by atoms with E-state index in [-0.39, 0.29) is 0 Å². The molecule has 2 nitrogen and oxygen atoms in total. The van der Waals surface area contributed by atoms with Crippen LogP contribution in [-0.4, -0.2) is 7.11 Å². The first kappa shape index (κ1) is 10.7. The summed E-state index contributed by atoms with van der Waals surface area (Å²) in [6.07, 6.45) is 0. The molecule has 0 aliphatic rings. The second-order valence-corrected chi connectivity index (χ2v) is 3.85. The molecule has 0 unspecified atom stereocenters. The number of nitrogens with one attached hydrogen (secondary N) is 1. The lowest BCUT2D eigenvalue weighted by molar-refractivity contribution is 0.0864. The predicted octanol–water partition coefficient (Wildman–Crippen LogP) is 2.72. The number of aryl methyl sites for hydroxylation is 1. The Kier molecular flexibility index (Phi) is 3.90. The van der Waals surface area contributed by atoms with Crippen molar-refractivity contribution in [2.24, 2.45) is 0 Å². The van der Waals surface area contributed by atoms with E-state index < -0.39 is 0 Å². The zero-order chi connectivity index (χ0) is 9.84. The predicted molar refractivity (Wildman–Crippen MR) is 57.5 cm³/mol. The van der Waals surface area contributed by atoms with Crippen LogP contribution in [0.2, 0.25) is 0 Å². The highest BCUT2D eigenvalue weighted by Crippen LogP contribution is 2.22. The molecule has 1 rings (SSSR count). The molecule has 0 bridgehead atoms. The molecule has 0 saturated heterocycles. The van der Waals surface area contributed by atoms with Crippen molar-refractivity contribution in [1.29, 1.82) is 0 Å². The Morgan fingerprint density at radius 1 is 1.38 bits per heavy atom. The van der Waals surface area contributed by atoms with Gasteiger partial charge in [0.2, 0.25) is 0 Å². The number of halogens is 1. The molecule has 0 aliphatic heterocycles. The Morgan fingerprint density at radius 3 is 2.69 bits per heavy atom. The molecule has 0 aromatic heterocycles. The van der Waals surface area contributed by atoms with Gasteiger partial charge in [-0.25, -0.2) is 0 Å². The van der Waals surface area contributed by atoms with Gasteiger partial charge in [-0.05, 0) is 36.6 Å². The maximum absolute atomic E-state index is 4.82. The van der Waals surface area contributed by atoms with Crippen LogP contribution in [0.5, 0.6) is 0 Å². The van der Waals surface area contributed by atoms with Gasteiger partial charge < -0.3 is 4.84 Å². The summed E-state index contributed by atoms with van der Waals surface area (Å²) in [5.41, 5.74) is 6.70. The number of hydrogen-bond donors (Lipinski definition) is 1. The van der Waals surface area contributed by atoms with Gasteiger partial charge in [-0.15, -0.1) is 0 Å². The summed E-state index contributed by atoms with van der Waals surface area (Å²) in [6.45, 7) is 4.95. The minimum Gasteiger partial charge on any atom is -0.305 e. The zero-order valence-corrected chi connectivity index (χ0v) is 9.73. The van der Waals surface area contributed by atoms with Crippen LogP contribution in [0.3, 0.4) is 0 Å². The third kappa shape index (κ3) is 2.53. The van der Waals surface area contributed by atoms with Crippen molar-refractivity contribution >= 4 is 15.9 Å². The van der Waals surface area contributed by atoms with Crippen LogP contribution in [0.1, 0.15) is 16.7 Å². The van der Waals surface area contributed by atoms with Gasteiger partial charge in [0.25, 0.3) is 0 Å². The summed E-state index contributed by atoms with van der Waals surface area (Å²) in [7, 11) is 1.62. The van der Waals surface area contributed by atoms with Crippen LogP contribution in [0.15, 0.2) is 16.6 Å². The topological polar surface area (TPSA) is 21.3 Å². The maximum atomic E-state index is 4.82. The third-order valence-corrected chi connectivity index (χ3v) is 2.95. The Bertz CT molecular complexity index is 299. The number of benzene rings is 1. The molecule has 0 fully saturated rings. The Morgan fingerprint density at radius 2 is 2.08 bits per heavy atom. The average molecular weight is 244 g/mol. The smallest absolute Gasteiger partial charge is 0.0572 e. The first-order chi connectivity index (χ1) is 6.16. The van der Waals surface area contributed by atoms with Crippen LogP contribution >= 0.6 is 15.9 Å². The number of hydrogen-bond acceptors (Lipinski definition) is 2. The van der Waals surface area contributed by atoms with Crippen molar-refractivity contribution in [3.05, 3.63) is 33.3 Å². The summed E-state index contributed by atoms with van der Waals surface area (Å²) in [6, 6.07) is 4.17. The van der Waals surface area contributed by atoms with Gasteiger partial charge in [-0.3, -0.25) is 0 Å². The van der Waals surface area contributed by atoms with Crippen molar-refractivity contribution in [2.75, 3.05) is 7.11 Å². The molecule has 0 heterocycles. The molecule has 0 amide bonds. The van der Waals surface area contributed by atoms with E-state index in [1.807, 2.05) is 0 Å². The van der Waals surface area contributed by atoms with Crippen LogP contribution < -0.4 is 5.48 Å². The van der Waals surface area contributed by atoms with E-state index in [0.29, 0.717) is 0 Å². The number of hydroxylamine groups is 1. The summed E-state index contributed by atoms with van der Waals surface area (Å²) in [5, 5.41) is 0. The highest BCUT2D eigenvalue weighted by molar-refractivity contribution is 9.10. The molecule has 1 aromatic rings. The van der Waals surface area contributed by atoms with Crippen LogP contribution in [-0.2, 0) is 11.4 Å². The van der Waals surface area contributed by atoms with E-state index in [1.54, 1.807) is 7.11 Å². The molecular weight excluding hydrogens is 230 g/mol. The van der Waals surface area contributed by atoms with Gasteiger partial charge in [0, 0.05) is 11.0 Å². The summed E-state index contributed by atoms with van der Waals surface area (Å²) in [5.74, 6) is 0. The lowest BCUT2D eigenvalue weighted by Gasteiger charge is -2.10. The fourth-order valence-electron chi connectivity index (χ4n) is 1.20. The van der Waals surface area contributed by atoms with Gasteiger partial charge in [0.05, 0.1) is 7.11 Å². The molecule has 1 aromatic carbocycles. The van der Waals surface area contributed by atoms with E-state index in [4.69, 9.17) is 4.84 Å². The van der Waals surface area contributed by atoms with Crippen LogP contribution in [0, 0.1) is 13.8 Å². The van der Waals surface area contributed by atoms with Gasteiger partial charge in [0.1, 0.15) is 0 Å². The van der Waals surface area contributed by atoms with Gasteiger partial charge >= 0.3 is 0 Å². The molecule has 72 valence electrons. The highest BCUT2D eigenvalue weighted by atomic mass is 79.9. The van der Waals surface area contributed by atoms with E-state index in [9.17, 15) is 0 Å². The lowest BCUT2D eigenvalue weighted by Crippen LogP contribution is -2.12. The van der Waals surface area contributed by atoms with E-state index in [2.05, 4.69) is 47.4 Å². The van der Waals surface area contributed by atoms with Gasteiger partial charge in [-0.2, -0.15) is 5.48 Å². The third-order valence-electron chi connectivity index (χ3n) is 2.21. The van der Waals surface area contributed by atoms with E-state index >= 15 is 0 Å². The molecule has 0 spiro atoms. The SMILES string of the molecule is CONCc1c(Br)ccc(C)c1C. The second kappa shape index (κ2) is 4.74. The monoisotopic (exact) mass is 243 g/mol. The quantitative estimate of drug-likeness (QED) is 0.825. The molecule has 0 aliphatic carbocycles. The number of rotatable bonds is 3. The normalized spacial score (nSPS) is 10.5. The fraction of sp³-hybridized carbons (Fsp3) is 0.400. The summed E-state index contributed by atoms with van der Waals surface area (Å²) in [4.78, 5) is 4.82. The molecule has 3 heteroatoms. The maximum Gasteiger partial charge on any atom is 0.0572 e. The molecule has 0 atom stereocenters. The van der Waals surface area contributed by atoms with Crippen LogP contribution in [0.4, 0.5) is 0 Å². The van der Waals surface area contributed by atoms with Crippen molar-refractivity contribution < 1.29 is 4.84 Å². The minimum atomic E-state index is 0.727.